The highest BCUT2D eigenvalue weighted by Crippen LogP contribution is 2.16. The third-order valence-electron chi connectivity index (χ3n) is 3.15. The largest absolute Gasteiger partial charge is 0.370 e. The van der Waals surface area contributed by atoms with Crippen LogP contribution in [-0.2, 0) is 13.1 Å². The number of hydrogen-bond donors (Lipinski definition) is 1. The maximum atomic E-state index is 5.60. The molecule has 0 unspecified atom stereocenters. The monoisotopic (exact) mass is 240 g/mol. The molecule has 0 atom stereocenters. The van der Waals surface area contributed by atoms with Gasteiger partial charge in [-0.25, -0.2) is 0 Å². The molecule has 2 N–H and O–H groups in total. The van der Waals surface area contributed by atoms with Crippen LogP contribution in [0.15, 0.2) is 48.5 Å². The van der Waals surface area contributed by atoms with Crippen LogP contribution in [0.4, 0.5) is 5.69 Å². The van der Waals surface area contributed by atoms with Crippen LogP contribution in [0.25, 0.3) is 0 Å². The molecule has 2 heteroatoms. The van der Waals surface area contributed by atoms with E-state index in [9.17, 15) is 0 Å². The standard InChI is InChI=1S/C16H20N2/c1-13-3-9-16(10-4-13)18(2)12-15-7-5-14(11-17)6-8-15/h3-10H,11-12,17H2,1-2H3. The van der Waals surface area contributed by atoms with Gasteiger partial charge in [0.25, 0.3) is 0 Å². The third kappa shape index (κ3) is 3.11. The van der Waals surface area contributed by atoms with E-state index in [1.807, 2.05) is 0 Å². The highest BCUT2D eigenvalue weighted by molar-refractivity contribution is 5.47. The lowest BCUT2D eigenvalue weighted by Crippen LogP contribution is -2.16. The Kier molecular flexibility index (Phi) is 4.00. The Morgan fingerprint density at radius 1 is 0.889 bits per heavy atom. The molecule has 0 aromatic heterocycles. The van der Waals surface area contributed by atoms with E-state index in [0.29, 0.717) is 6.54 Å². The molecule has 0 bridgehead atoms. The third-order valence-corrected chi connectivity index (χ3v) is 3.15. The first kappa shape index (κ1) is 12.7. The maximum Gasteiger partial charge on any atom is 0.0426 e. The van der Waals surface area contributed by atoms with E-state index >= 15 is 0 Å². The molecule has 0 fully saturated rings. The van der Waals surface area contributed by atoms with Crippen LogP contribution in [-0.4, -0.2) is 7.05 Å². The molecule has 0 radical (unpaired) electrons. The van der Waals surface area contributed by atoms with E-state index in [4.69, 9.17) is 5.73 Å². The average Bonchev–Trinajstić information content (AvgIpc) is 2.40. The van der Waals surface area contributed by atoms with Crippen molar-refractivity contribution in [2.24, 2.45) is 5.73 Å². The number of benzene rings is 2. The van der Waals surface area contributed by atoms with Gasteiger partial charge in [-0.2, -0.15) is 0 Å². The minimum atomic E-state index is 0.605. The molecule has 0 saturated carbocycles. The molecule has 0 aliphatic heterocycles. The second-order valence-electron chi connectivity index (χ2n) is 4.71. The van der Waals surface area contributed by atoms with Gasteiger partial charge in [0.1, 0.15) is 0 Å². The van der Waals surface area contributed by atoms with Crippen LogP contribution in [0, 0.1) is 6.92 Å². The summed E-state index contributed by atoms with van der Waals surface area (Å²) in [5, 5.41) is 0. The van der Waals surface area contributed by atoms with Crippen molar-refractivity contribution in [3.05, 3.63) is 65.2 Å². The molecular formula is C16H20N2. The summed E-state index contributed by atoms with van der Waals surface area (Å²) in [5.74, 6) is 0. The number of nitrogens with two attached hydrogens (primary N) is 1. The molecule has 2 rings (SSSR count). The van der Waals surface area contributed by atoms with E-state index in [1.54, 1.807) is 0 Å². The van der Waals surface area contributed by atoms with Gasteiger partial charge < -0.3 is 10.6 Å². The van der Waals surface area contributed by atoms with E-state index in [1.165, 1.54) is 22.4 Å². The van der Waals surface area contributed by atoms with Gasteiger partial charge in [0.05, 0.1) is 0 Å². The van der Waals surface area contributed by atoms with Gasteiger partial charge in [0.2, 0.25) is 0 Å². The molecule has 94 valence electrons. The van der Waals surface area contributed by atoms with Gasteiger partial charge in [-0.1, -0.05) is 42.0 Å². The van der Waals surface area contributed by atoms with Crippen LogP contribution in [0.5, 0.6) is 0 Å². The molecule has 2 nitrogen and oxygen atoms in total. The predicted molar refractivity (Wildman–Crippen MR) is 77.6 cm³/mol. The highest BCUT2D eigenvalue weighted by Gasteiger charge is 2.01. The van der Waals surface area contributed by atoms with Crippen molar-refractivity contribution >= 4 is 5.69 Å². The highest BCUT2D eigenvalue weighted by atomic mass is 15.1. The number of anilines is 1. The summed E-state index contributed by atoms with van der Waals surface area (Å²) >= 11 is 0. The van der Waals surface area contributed by atoms with Gasteiger partial charge >= 0.3 is 0 Å². The van der Waals surface area contributed by atoms with Crippen molar-refractivity contribution < 1.29 is 0 Å². The number of aryl methyl sites for hydroxylation is 1. The smallest absolute Gasteiger partial charge is 0.0426 e. The first-order valence-corrected chi connectivity index (χ1v) is 6.25. The molecule has 0 aliphatic carbocycles. The quantitative estimate of drug-likeness (QED) is 0.889. The predicted octanol–water partition coefficient (Wildman–Crippen LogP) is 3.09. The maximum absolute atomic E-state index is 5.60. The Bertz CT molecular complexity index is 486. The fraction of sp³-hybridized carbons (Fsp3) is 0.250. The molecule has 0 spiro atoms. The Hall–Kier alpha value is -1.80. The van der Waals surface area contributed by atoms with Crippen LogP contribution >= 0.6 is 0 Å². The van der Waals surface area contributed by atoms with Gasteiger partial charge in [-0.3, -0.25) is 0 Å². The van der Waals surface area contributed by atoms with E-state index in [2.05, 4.69) is 67.4 Å². The van der Waals surface area contributed by atoms with Gasteiger partial charge in [-0.05, 0) is 30.2 Å². The van der Waals surface area contributed by atoms with Crippen molar-refractivity contribution in [3.63, 3.8) is 0 Å². The number of nitrogens with zero attached hydrogens (tertiary/aromatic N) is 1. The normalized spacial score (nSPS) is 10.4. The number of rotatable bonds is 4. The van der Waals surface area contributed by atoms with Crippen molar-refractivity contribution in [1.29, 1.82) is 0 Å². The summed E-state index contributed by atoms with van der Waals surface area (Å²) in [7, 11) is 2.11. The van der Waals surface area contributed by atoms with Gasteiger partial charge in [-0.15, -0.1) is 0 Å². The Morgan fingerprint density at radius 3 is 2.00 bits per heavy atom. The van der Waals surface area contributed by atoms with Gasteiger partial charge in [0, 0.05) is 25.8 Å². The first-order chi connectivity index (χ1) is 8.69. The van der Waals surface area contributed by atoms with Crippen LogP contribution in [0.3, 0.4) is 0 Å². The minimum absolute atomic E-state index is 0.605. The summed E-state index contributed by atoms with van der Waals surface area (Å²) < 4.78 is 0. The van der Waals surface area contributed by atoms with Gasteiger partial charge in [0.15, 0.2) is 0 Å². The molecule has 0 amide bonds. The fourth-order valence-corrected chi connectivity index (χ4v) is 1.95. The molecule has 0 heterocycles. The molecule has 18 heavy (non-hydrogen) atoms. The van der Waals surface area contributed by atoms with Crippen molar-refractivity contribution in [1.82, 2.24) is 0 Å². The molecular weight excluding hydrogens is 220 g/mol. The lowest BCUT2D eigenvalue weighted by atomic mass is 10.1. The zero-order valence-corrected chi connectivity index (χ0v) is 11.1. The van der Waals surface area contributed by atoms with Crippen molar-refractivity contribution in [2.45, 2.75) is 20.0 Å². The van der Waals surface area contributed by atoms with Crippen LogP contribution in [0.1, 0.15) is 16.7 Å². The summed E-state index contributed by atoms with van der Waals surface area (Å²) in [6.07, 6.45) is 0. The van der Waals surface area contributed by atoms with E-state index < -0.39 is 0 Å². The fourth-order valence-electron chi connectivity index (χ4n) is 1.95. The molecule has 0 saturated heterocycles. The SMILES string of the molecule is Cc1ccc(N(C)Cc2ccc(CN)cc2)cc1. The summed E-state index contributed by atoms with van der Waals surface area (Å²) in [5.41, 5.74) is 10.6. The Morgan fingerprint density at radius 2 is 1.44 bits per heavy atom. The van der Waals surface area contributed by atoms with Crippen molar-refractivity contribution in [3.8, 4) is 0 Å². The van der Waals surface area contributed by atoms with Crippen molar-refractivity contribution in [2.75, 3.05) is 11.9 Å². The summed E-state index contributed by atoms with van der Waals surface area (Å²) in [6.45, 7) is 3.62. The Balaban J connectivity index is 2.05. The first-order valence-electron chi connectivity index (χ1n) is 6.25. The second kappa shape index (κ2) is 5.69. The van der Waals surface area contributed by atoms with Crippen LogP contribution < -0.4 is 10.6 Å². The molecule has 2 aromatic rings. The second-order valence-corrected chi connectivity index (χ2v) is 4.71. The topological polar surface area (TPSA) is 29.3 Å². The molecule has 2 aromatic carbocycles. The number of hydrogen-bond acceptors (Lipinski definition) is 2. The summed E-state index contributed by atoms with van der Waals surface area (Å²) in [6, 6.07) is 17.1. The van der Waals surface area contributed by atoms with E-state index in [-0.39, 0.29) is 0 Å². The van der Waals surface area contributed by atoms with E-state index in [0.717, 1.165) is 6.54 Å². The summed E-state index contributed by atoms with van der Waals surface area (Å²) in [4.78, 5) is 2.25. The Labute approximate surface area is 109 Å². The van der Waals surface area contributed by atoms with Crippen LogP contribution in [0.2, 0.25) is 0 Å². The average molecular weight is 240 g/mol. The lowest BCUT2D eigenvalue weighted by Gasteiger charge is -2.19. The lowest BCUT2D eigenvalue weighted by molar-refractivity contribution is 0.920. The zero-order chi connectivity index (χ0) is 13.0. The zero-order valence-electron chi connectivity index (χ0n) is 11.1. The molecule has 0 aliphatic rings. The minimum Gasteiger partial charge on any atom is -0.370 e.